The standard InChI is InChI=1S/C16H26O8S2/c17-13(18)7-5-11(15(21)22)3-1-9-25-26-10-2-4-12(16(23)24)6-8-14(19)20/h11-12H,1-10H2,(H,17,18)(H,19,20)(H,21,22)(H,23,24)/t11-,12+. The molecule has 0 aliphatic heterocycles. The van der Waals surface area contributed by atoms with Gasteiger partial charge in [0.05, 0.1) is 11.8 Å². The van der Waals surface area contributed by atoms with E-state index in [4.69, 9.17) is 20.4 Å². The maximum absolute atomic E-state index is 11.0. The van der Waals surface area contributed by atoms with E-state index in [9.17, 15) is 19.2 Å². The maximum Gasteiger partial charge on any atom is 0.306 e. The minimum Gasteiger partial charge on any atom is -0.481 e. The molecular formula is C16H26O8S2. The molecule has 0 saturated carbocycles. The quantitative estimate of drug-likeness (QED) is 0.208. The number of hydrogen-bond donors (Lipinski definition) is 4. The first-order chi connectivity index (χ1) is 12.2. The summed E-state index contributed by atoms with van der Waals surface area (Å²) in [4.78, 5) is 43.1. The van der Waals surface area contributed by atoms with Gasteiger partial charge >= 0.3 is 23.9 Å². The summed E-state index contributed by atoms with van der Waals surface area (Å²) < 4.78 is 0. The monoisotopic (exact) mass is 410 g/mol. The third kappa shape index (κ3) is 13.8. The Kier molecular flexibility index (Phi) is 13.9. The van der Waals surface area contributed by atoms with Crippen molar-refractivity contribution in [2.75, 3.05) is 11.5 Å². The van der Waals surface area contributed by atoms with E-state index in [-0.39, 0.29) is 25.7 Å². The lowest BCUT2D eigenvalue weighted by atomic mass is 9.98. The van der Waals surface area contributed by atoms with Crippen LogP contribution >= 0.6 is 21.6 Å². The minimum absolute atomic E-state index is 0.134. The van der Waals surface area contributed by atoms with Crippen LogP contribution in [0.25, 0.3) is 0 Å². The summed E-state index contributed by atoms with van der Waals surface area (Å²) in [5.74, 6) is -3.72. The van der Waals surface area contributed by atoms with Crippen molar-refractivity contribution in [2.24, 2.45) is 11.8 Å². The molecule has 0 rings (SSSR count). The largest absolute Gasteiger partial charge is 0.481 e. The Morgan fingerprint density at radius 2 is 0.962 bits per heavy atom. The van der Waals surface area contributed by atoms with Gasteiger partial charge in [-0.3, -0.25) is 19.2 Å². The van der Waals surface area contributed by atoms with E-state index in [2.05, 4.69) is 0 Å². The van der Waals surface area contributed by atoms with Gasteiger partial charge in [0.25, 0.3) is 0 Å². The second kappa shape index (κ2) is 14.7. The van der Waals surface area contributed by atoms with Crippen molar-refractivity contribution in [3.8, 4) is 0 Å². The van der Waals surface area contributed by atoms with Crippen molar-refractivity contribution < 1.29 is 39.6 Å². The second-order valence-electron chi connectivity index (χ2n) is 5.86. The Hall–Kier alpha value is -1.42. The van der Waals surface area contributed by atoms with Crippen molar-refractivity contribution in [3.05, 3.63) is 0 Å². The first-order valence-electron chi connectivity index (χ1n) is 8.37. The van der Waals surface area contributed by atoms with Gasteiger partial charge in [0, 0.05) is 24.3 Å². The molecule has 0 unspecified atom stereocenters. The number of aliphatic carboxylic acids is 4. The lowest BCUT2D eigenvalue weighted by Crippen LogP contribution is -2.15. The fraction of sp³-hybridized carbons (Fsp3) is 0.750. The average Bonchev–Trinajstić information content (AvgIpc) is 2.54. The molecule has 0 bridgehead atoms. The SMILES string of the molecule is O=C(O)CC[C@@H](CCCSSCCC[C@@H](CCC(=O)O)C(=O)O)C(=O)O. The Labute approximate surface area is 160 Å². The lowest BCUT2D eigenvalue weighted by Gasteiger charge is -2.11. The summed E-state index contributed by atoms with van der Waals surface area (Å²) in [5.41, 5.74) is 0. The summed E-state index contributed by atoms with van der Waals surface area (Å²) >= 11 is 0. The molecule has 0 fully saturated rings. The Bertz CT molecular complexity index is 427. The molecule has 0 aromatic carbocycles. The van der Waals surface area contributed by atoms with E-state index in [1.165, 1.54) is 0 Å². The second-order valence-corrected chi connectivity index (χ2v) is 8.57. The lowest BCUT2D eigenvalue weighted by molar-refractivity contribution is -0.144. The molecule has 0 radical (unpaired) electrons. The van der Waals surface area contributed by atoms with Gasteiger partial charge in [0.2, 0.25) is 0 Å². The fourth-order valence-corrected chi connectivity index (χ4v) is 4.49. The van der Waals surface area contributed by atoms with Crippen LogP contribution in [0.3, 0.4) is 0 Å². The molecule has 10 heteroatoms. The molecule has 0 saturated heterocycles. The van der Waals surface area contributed by atoms with Crippen LogP contribution < -0.4 is 0 Å². The van der Waals surface area contributed by atoms with Gasteiger partial charge in [-0.25, -0.2) is 0 Å². The molecule has 0 amide bonds. The van der Waals surface area contributed by atoms with Crippen LogP contribution in [0.2, 0.25) is 0 Å². The Balaban J connectivity index is 3.78. The molecule has 0 spiro atoms. The first-order valence-corrected chi connectivity index (χ1v) is 10.9. The maximum atomic E-state index is 11.0. The molecule has 4 N–H and O–H groups in total. The summed E-state index contributed by atoms with van der Waals surface area (Å²) in [6, 6.07) is 0. The van der Waals surface area contributed by atoms with Gasteiger partial charge < -0.3 is 20.4 Å². The van der Waals surface area contributed by atoms with E-state index in [0.29, 0.717) is 25.7 Å². The van der Waals surface area contributed by atoms with Gasteiger partial charge in [-0.2, -0.15) is 0 Å². The van der Waals surface area contributed by atoms with Crippen molar-refractivity contribution in [1.29, 1.82) is 0 Å². The molecule has 0 aromatic heterocycles. The molecule has 0 heterocycles. The zero-order chi connectivity index (χ0) is 19.9. The number of carboxylic acid groups (broad SMARTS) is 4. The highest BCUT2D eigenvalue weighted by molar-refractivity contribution is 8.76. The van der Waals surface area contributed by atoms with Gasteiger partial charge in [0.1, 0.15) is 0 Å². The third-order valence-electron chi connectivity index (χ3n) is 3.76. The van der Waals surface area contributed by atoms with Crippen molar-refractivity contribution in [1.82, 2.24) is 0 Å². The average molecular weight is 411 g/mol. The molecule has 8 nitrogen and oxygen atoms in total. The van der Waals surface area contributed by atoms with Gasteiger partial charge in [0.15, 0.2) is 0 Å². The highest BCUT2D eigenvalue weighted by Gasteiger charge is 2.19. The minimum atomic E-state index is -0.996. The number of carbonyl (C=O) groups is 4. The van der Waals surface area contributed by atoms with Crippen molar-refractivity contribution in [3.63, 3.8) is 0 Å². The van der Waals surface area contributed by atoms with E-state index in [0.717, 1.165) is 11.5 Å². The van der Waals surface area contributed by atoms with E-state index in [1.54, 1.807) is 21.6 Å². The molecule has 0 aromatic rings. The fourth-order valence-electron chi connectivity index (χ4n) is 2.27. The van der Waals surface area contributed by atoms with Gasteiger partial charge in [-0.15, -0.1) is 0 Å². The smallest absolute Gasteiger partial charge is 0.306 e. The van der Waals surface area contributed by atoms with Gasteiger partial charge in [-0.1, -0.05) is 21.6 Å². The van der Waals surface area contributed by atoms with Crippen LogP contribution in [0.5, 0.6) is 0 Å². The number of hydrogen-bond acceptors (Lipinski definition) is 6. The molecule has 2 atom stereocenters. The zero-order valence-corrected chi connectivity index (χ0v) is 16.1. The van der Waals surface area contributed by atoms with Crippen LogP contribution in [0.1, 0.15) is 51.4 Å². The van der Waals surface area contributed by atoms with E-state index in [1.807, 2.05) is 0 Å². The normalized spacial score (nSPS) is 13.1. The topological polar surface area (TPSA) is 149 Å². The van der Waals surface area contributed by atoms with Crippen LogP contribution in [-0.4, -0.2) is 55.8 Å². The summed E-state index contributed by atoms with van der Waals surface area (Å²) in [6.07, 6.45) is 2.19. The van der Waals surface area contributed by atoms with Crippen LogP contribution in [0, 0.1) is 11.8 Å². The van der Waals surface area contributed by atoms with Crippen LogP contribution in [0.15, 0.2) is 0 Å². The number of carboxylic acids is 4. The van der Waals surface area contributed by atoms with E-state index >= 15 is 0 Å². The Morgan fingerprint density at radius 3 is 1.23 bits per heavy atom. The predicted molar refractivity (Wildman–Crippen MR) is 99.4 cm³/mol. The van der Waals surface area contributed by atoms with Crippen molar-refractivity contribution in [2.45, 2.75) is 51.4 Å². The van der Waals surface area contributed by atoms with Crippen molar-refractivity contribution >= 4 is 45.5 Å². The summed E-state index contributed by atoms with van der Waals surface area (Å²) in [5, 5.41) is 35.3. The zero-order valence-electron chi connectivity index (χ0n) is 14.5. The number of rotatable bonds is 17. The van der Waals surface area contributed by atoms with Crippen LogP contribution in [0.4, 0.5) is 0 Å². The molecule has 150 valence electrons. The highest BCUT2D eigenvalue weighted by atomic mass is 33.1. The first kappa shape index (κ1) is 24.6. The summed E-state index contributed by atoms with van der Waals surface area (Å²) in [6.45, 7) is 0. The third-order valence-corrected chi connectivity index (χ3v) is 6.33. The molecule has 26 heavy (non-hydrogen) atoms. The van der Waals surface area contributed by atoms with Gasteiger partial charge in [-0.05, 0) is 38.5 Å². The molecular weight excluding hydrogens is 384 g/mol. The molecule has 0 aliphatic rings. The Morgan fingerprint density at radius 1 is 0.615 bits per heavy atom. The van der Waals surface area contributed by atoms with E-state index < -0.39 is 35.7 Å². The molecule has 0 aliphatic carbocycles. The summed E-state index contributed by atoms with van der Waals surface area (Å²) in [7, 11) is 3.15. The predicted octanol–water partition coefficient (Wildman–Crippen LogP) is 3.06. The highest BCUT2D eigenvalue weighted by Crippen LogP contribution is 2.26. The van der Waals surface area contributed by atoms with Crippen LogP contribution in [-0.2, 0) is 19.2 Å².